The Morgan fingerprint density at radius 1 is 1.09 bits per heavy atom. The molecule has 2 aromatic carbocycles. The van der Waals surface area contributed by atoms with Crippen molar-refractivity contribution in [3.63, 3.8) is 0 Å². The highest BCUT2D eigenvalue weighted by atomic mass is 32.2. The summed E-state index contributed by atoms with van der Waals surface area (Å²) in [5.41, 5.74) is 2.19. The van der Waals surface area contributed by atoms with E-state index < -0.39 is 10.0 Å². The number of carbonyl (C=O) groups excluding carboxylic acids is 1. The third kappa shape index (κ3) is 6.02. The Bertz CT molecular complexity index is 1240. The first-order valence-corrected chi connectivity index (χ1v) is 12.2. The van der Waals surface area contributed by atoms with E-state index in [1.165, 1.54) is 12.1 Å². The molecule has 2 N–H and O–H groups in total. The number of unbranched alkanes of at least 4 members (excludes halogenated alkanes) is 1. The molecular formula is C23H29N3O6S. The number of nitrogens with zero attached hydrogens (tertiary/aromatic N) is 2. The number of nitrogens with two attached hydrogens (primary N) is 1. The minimum atomic E-state index is -3.84. The molecule has 33 heavy (non-hydrogen) atoms. The summed E-state index contributed by atoms with van der Waals surface area (Å²) in [4.78, 5) is 16.9. The summed E-state index contributed by atoms with van der Waals surface area (Å²) in [6.07, 6.45) is 2.56. The summed E-state index contributed by atoms with van der Waals surface area (Å²) >= 11 is 0. The van der Waals surface area contributed by atoms with Gasteiger partial charge in [0.25, 0.3) is 0 Å². The van der Waals surface area contributed by atoms with Gasteiger partial charge in [-0.1, -0.05) is 19.4 Å². The van der Waals surface area contributed by atoms with Gasteiger partial charge in [0.2, 0.25) is 10.0 Å². The smallest absolute Gasteiger partial charge is 0.306 e. The third-order valence-electron chi connectivity index (χ3n) is 5.29. The number of benzene rings is 2. The number of ether oxygens (including phenoxy) is 3. The monoisotopic (exact) mass is 475 g/mol. The summed E-state index contributed by atoms with van der Waals surface area (Å²) in [5.74, 6) is 1.43. The predicted molar refractivity (Wildman–Crippen MR) is 124 cm³/mol. The summed E-state index contributed by atoms with van der Waals surface area (Å²) < 4.78 is 41.3. The molecule has 0 saturated heterocycles. The molecule has 3 rings (SSSR count). The molecule has 0 saturated carbocycles. The van der Waals surface area contributed by atoms with Crippen molar-refractivity contribution in [1.29, 1.82) is 0 Å². The van der Waals surface area contributed by atoms with Crippen molar-refractivity contribution >= 4 is 27.0 Å². The number of methoxy groups -OCH3 is 2. The molecule has 0 radical (unpaired) electrons. The number of fused-ring (bicyclic) bond motifs is 1. The lowest BCUT2D eigenvalue weighted by molar-refractivity contribution is -0.145. The van der Waals surface area contributed by atoms with Crippen LogP contribution in [0.4, 0.5) is 0 Å². The molecule has 10 heteroatoms. The van der Waals surface area contributed by atoms with E-state index in [-0.39, 0.29) is 23.9 Å². The van der Waals surface area contributed by atoms with Crippen LogP contribution < -0.4 is 14.6 Å². The fourth-order valence-corrected chi connectivity index (χ4v) is 4.05. The van der Waals surface area contributed by atoms with Gasteiger partial charge in [-0.05, 0) is 48.7 Å². The van der Waals surface area contributed by atoms with Gasteiger partial charge in [-0.2, -0.15) is 0 Å². The summed E-state index contributed by atoms with van der Waals surface area (Å²) in [6, 6.07) is 10.1. The van der Waals surface area contributed by atoms with Crippen molar-refractivity contribution in [3.05, 3.63) is 47.8 Å². The molecule has 0 amide bonds. The van der Waals surface area contributed by atoms with Crippen LogP contribution in [0, 0.1) is 0 Å². The molecule has 0 aliphatic rings. The van der Waals surface area contributed by atoms with Gasteiger partial charge in [-0.3, -0.25) is 4.79 Å². The van der Waals surface area contributed by atoms with Crippen LogP contribution in [-0.2, 0) is 39.1 Å². The number of hydrogen-bond acceptors (Lipinski definition) is 7. The van der Waals surface area contributed by atoms with Crippen LogP contribution in [0.1, 0.15) is 37.6 Å². The number of imidazole rings is 1. The molecule has 0 aliphatic heterocycles. The molecular weight excluding hydrogens is 446 g/mol. The maximum atomic E-state index is 12.4. The number of rotatable bonds is 11. The highest BCUT2D eigenvalue weighted by Gasteiger charge is 2.16. The molecule has 3 aromatic rings. The van der Waals surface area contributed by atoms with Crippen LogP contribution >= 0.6 is 0 Å². The minimum Gasteiger partial charge on any atom is -0.493 e. The Balaban J connectivity index is 1.71. The van der Waals surface area contributed by atoms with Crippen molar-refractivity contribution in [2.75, 3.05) is 14.2 Å². The SMILES string of the molecule is CCCCn1c(COC(=O)CCc2ccc(OC)c(OC)c2)nc2cc(S(N)(=O)=O)ccc21. The number of aryl methyl sites for hydroxylation is 2. The van der Waals surface area contributed by atoms with E-state index in [1.54, 1.807) is 26.4 Å². The second-order valence-corrected chi connectivity index (χ2v) is 9.14. The molecule has 0 spiro atoms. The summed E-state index contributed by atoms with van der Waals surface area (Å²) in [6.45, 7) is 2.75. The molecule has 0 bridgehead atoms. The first kappa shape index (κ1) is 24.5. The van der Waals surface area contributed by atoms with E-state index in [4.69, 9.17) is 19.3 Å². The zero-order valence-electron chi connectivity index (χ0n) is 19.0. The second-order valence-electron chi connectivity index (χ2n) is 7.58. The molecule has 178 valence electrons. The van der Waals surface area contributed by atoms with E-state index in [9.17, 15) is 13.2 Å². The van der Waals surface area contributed by atoms with Gasteiger partial charge in [0, 0.05) is 13.0 Å². The average Bonchev–Trinajstić information content (AvgIpc) is 3.15. The quantitative estimate of drug-likeness (QED) is 0.423. The summed E-state index contributed by atoms with van der Waals surface area (Å²) in [5, 5.41) is 5.24. The maximum Gasteiger partial charge on any atom is 0.306 e. The topological polar surface area (TPSA) is 123 Å². The number of carbonyl (C=O) groups is 1. The van der Waals surface area contributed by atoms with Gasteiger partial charge in [0.05, 0.1) is 30.1 Å². The molecule has 9 nitrogen and oxygen atoms in total. The number of sulfonamides is 1. The van der Waals surface area contributed by atoms with Crippen LogP contribution in [-0.4, -0.2) is 38.2 Å². The predicted octanol–water partition coefficient (Wildman–Crippen LogP) is 3.18. The van der Waals surface area contributed by atoms with Gasteiger partial charge >= 0.3 is 5.97 Å². The van der Waals surface area contributed by atoms with Crippen molar-refractivity contribution in [1.82, 2.24) is 9.55 Å². The minimum absolute atomic E-state index is 0.00592. The van der Waals surface area contributed by atoms with E-state index in [2.05, 4.69) is 11.9 Å². The first-order chi connectivity index (χ1) is 15.8. The van der Waals surface area contributed by atoms with Gasteiger partial charge in [-0.15, -0.1) is 0 Å². The van der Waals surface area contributed by atoms with Gasteiger partial charge in [0.15, 0.2) is 11.5 Å². The van der Waals surface area contributed by atoms with E-state index in [0.29, 0.717) is 35.8 Å². The van der Waals surface area contributed by atoms with Crippen molar-refractivity contribution in [2.45, 2.75) is 50.7 Å². The highest BCUT2D eigenvalue weighted by molar-refractivity contribution is 7.89. The molecule has 1 aromatic heterocycles. The van der Waals surface area contributed by atoms with E-state index in [1.807, 2.05) is 16.7 Å². The normalized spacial score (nSPS) is 11.5. The van der Waals surface area contributed by atoms with E-state index in [0.717, 1.165) is 23.9 Å². The van der Waals surface area contributed by atoms with Gasteiger partial charge in [0.1, 0.15) is 12.4 Å². The lowest BCUT2D eigenvalue weighted by Gasteiger charge is -2.10. The Labute approximate surface area is 193 Å². The largest absolute Gasteiger partial charge is 0.493 e. The standard InChI is InChI=1S/C23H29N3O6S/c1-4-5-12-26-19-9-8-17(33(24,28)29)14-18(19)25-22(26)15-32-23(27)11-7-16-6-10-20(30-2)21(13-16)31-3/h6,8-10,13-14H,4-5,7,11-12,15H2,1-3H3,(H2,24,28,29). The Kier molecular flexibility index (Phi) is 7.93. The number of hydrogen-bond donors (Lipinski definition) is 1. The van der Waals surface area contributed by atoms with Crippen LogP contribution in [0.15, 0.2) is 41.3 Å². The Morgan fingerprint density at radius 2 is 1.85 bits per heavy atom. The Morgan fingerprint density at radius 3 is 2.52 bits per heavy atom. The van der Waals surface area contributed by atoms with Crippen LogP contribution in [0.5, 0.6) is 11.5 Å². The number of aromatic nitrogens is 2. The first-order valence-electron chi connectivity index (χ1n) is 10.6. The van der Waals surface area contributed by atoms with Crippen LogP contribution in [0.3, 0.4) is 0 Å². The number of primary sulfonamides is 1. The van der Waals surface area contributed by atoms with E-state index >= 15 is 0 Å². The molecule has 0 fully saturated rings. The molecule has 0 unspecified atom stereocenters. The lowest BCUT2D eigenvalue weighted by Crippen LogP contribution is -2.12. The van der Waals surface area contributed by atoms with Crippen molar-refractivity contribution in [3.8, 4) is 11.5 Å². The maximum absolute atomic E-state index is 12.4. The van der Waals surface area contributed by atoms with Crippen molar-refractivity contribution < 1.29 is 27.4 Å². The molecule has 0 aliphatic carbocycles. The second kappa shape index (κ2) is 10.7. The average molecular weight is 476 g/mol. The zero-order valence-corrected chi connectivity index (χ0v) is 19.9. The van der Waals surface area contributed by atoms with Crippen LogP contribution in [0.2, 0.25) is 0 Å². The number of esters is 1. The molecule has 0 atom stereocenters. The lowest BCUT2D eigenvalue weighted by atomic mass is 10.1. The van der Waals surface area contributed by atoms with Crippen molar-refractivity contribution in [2.24, 2.45) is 5.14 Å². The highest BCUT2D eigenvalue weighted by Crippen LogP contribution is 2.28. The zero-order chi connectivity index (χ0) is 24.0. The summed E-state index contributed by atoms with van der Waals surface area (Å²) in [7, 11) is -0.705. The Hall–Kier alpha value is -3.11. The van der Waals surface area contributed by atoms with Crippen LogP contribution in [0.25, 0.3) is 11.0 Å². The fourth-order valence-electron chi connectivity index (χ4n) is 3.51. The van der Waals surface area contributed by atoms with Gasteiger partial charge < -0.3 is 18.8 Å². The van der Waals surface area contributed by atoms with Gasteiger partial charge in [-0.25, -0.2) is 18.5 Å². The third-order valence-corrected chi connectivity index (χ3v) is 6.20. The fraction of sp³-hybridized carbons (Fsp3) is 0.391. The molecule has 1 heterocycles.